The number of nitrogens with zero attached hydrogens (tertiary/aromatic N) is 1. The molecule has 1 aromatic heterocycles. The minimum atomic E-state index is -0.462. The Hall–Kier alpha value is -1.72. The highest BCUT2D eigenvalue weighted by Gasteiger charge is 2.20. The number of piperidine rings is 1. The van der Waals surface area contributed by atoms with Crippen LogP contribution in [0.4, 0.5) is 4.39 Å². The second kappa shape index (κ2) is 7.70. The number of amides is 1. The number of hydrogen-bond donors (Lipinski definition) is 1. The molecule has 1 fully saturated rings. The topological polar surface area (TPSA) is 32.3 Å². The van der Waals surface area contributed by atoms with E-state index >= 15 is 0 Å². The molecule has 1 aliphatic heterocycles. The van der Waals surface area contributed by atoms with E-state index in [0.717, 1.165) is 32.5 Å². The van der Waals surface area contributed by atoms with Crippen LogP contribution >= 0.6 is 11.3 Å². The maximum absolute atomic E-state index is 13.6. The van der Waals surface area contributed by atoms with Crippen molar-refractivity contribution >= 4 is 17.2 Å². The van der Waals surface area contributed by atoms with Crippen LogP contribution in [-0.2, 0) is 6.54 Å². The van der Waals surface area contributed by atoms with Crippen molar-refractivity contribution in [1.29, 1.82) is 0 Å². The average molecular weight is 332 g/mol. The largest absolute Gasteiger partial charge is 0.352 e. The predicted molar refractivity (Wildman–Crippen MR) is 91.1 cm³/mol. The average Bonchev–Trinajstić information content (AvgIpc) is 3.07. The molecule has 23 heavy (non-hydrogen) atoms. The van der Waals surface area contributed by atoms with Gasteiger partial charge < -0.3 is 5.32 Å². The van der Waals surface area contributed by atoms with Gasteiger partial charge in [-0.2, -0.15) is 11.3 Å². The molecule has 2 heterocycles. The summed E-state index contributed by atoms with van der Waals surface area (Å²) in [5.74, 6) is -0.302. The first kappa shape index (κ1) is 16.1. The van der Waals surface area contributed by atoms with Crippen LogP contribution in [-0.4, -0.2) is 30.4 Å². The van der Waals surface area contributed by atoms with Crippen LogP contribution in [0.2, 0.25) is 0 Å². The van der Waals surface area contributed by atoms with Crippen LogP contribution in [0.25, 0.3) is 0 Å². The third-order valence-corrected chi connectivity index (χ3v) is 5.10. The third-order valence-electron chi connectivity index (χ3n) is 4.36. The van der Waals surface area contributed by atoms with Crippen molar-refractivity contribution in [3.05, 3.63) is 58.0 Å². The van der Waals surface area contributed by atoms with E-state index in [1.54, 1.807) is 23.5 Å². The summed E-state index contributed by atoms with van der Waals surface area (Å²) >= 11 is 1.73. The fraction of sp³-hybridized carbons (Fsp3) is 0.389. The van der Waals surface area contributed by atoms with E-state index < -0.39 is 5.82 Å². The van der Waals surface area contributed by atoms with Gasteiger partial charge in [0.05, 0.1) is 5.56 Å². The normalized spacial score (nSPS) is 16.4. The molecule has 1 saturated heterocycles. The Kier molecular flexibility index (Phi) is 5.41. The Labute approximate surface area is 140 Å². The van der Waals surface area contributed by atoms with E-state index in [-0.39, 0.29) is 11.5 Å². The molecule has 3 nitrogen and oxygen atoms in total. The molecule has 2 aromatic rings. The summed E-state index contributed by atoms with van der Waals surface area (Å²) in [5, 5.41) is 7.18. The molecule has 0 aliphatic carbocycles. The Bertz CT molecular complexity index is 636. The molecule has 1 amide bonds. The number of thiophene rings is 1. The van der Waals surface area contributed by atoms with Crippen LogP contribution in [0.3, 0.4) is 0 Å². The van der Waals surface area contributed by atoms with Gasteiger partial charge in [0.2, 0.25) is 0 Å². The third kappa shape index (κ3) is 4.39. The van der Waals surface area contributed by atoms with Gasteiger partial charge in [0.15, 0.2) is 0 Å². The highest BCUT2D eigenvalue weighted by Crippen LogP contribution is 2.19. The standard InChI is InChI=1S/C18H21FN2OS/c19-17-4-2-1-3-16(17)18(22)20-11-14-5-8-21(9-6-14)12-15-7-10-23-13-15/h1-4,7,10,13-14H,5-6,8-9,11-12H2,(H,20,22). The van der Waals surface area contributed by atoms with Crippen molar-refractivity contribution in [2.75, 3.05) is 19.6 Å². The fourth-order valence-electron chi connectivity index (χ4n) is 2.97. The molecule has 1 N–H and O–H groups in total. The lowest BCUT2D eigenvalue weighted by Crippen LogP contribution is -2.38. The Morgan fingerprint density at radius 1 is 1.26 bits per heavy atom. The number of carbonyl (C=O) groups excluding carboxylic acids is 1. The SMILES string of the molecule is O=C(NCC1CCN(Cc2ccsc2)CC1)c1ccccc1F. The van der Waals surface area contributed by atoms with Gasteiger partial charge in [-0.15, -0.1) is 0 Å². The highest BCUT2D eigenvalue weighted by atomic mass is 32.1. The Balaban J connectivity index is 1.42. The zero-order valence-corrected chi connectivity index (χ0v) is 13.8. The van der Waals surface area contributed by atoms with Gasteiger partial charge in [0.1, 0.15) is 5.82 Å². The molecule has 0 spiro atoms. The maximum Gasteiger partial charge on any atom is 0.254 e. The number of nitrogens with one attached hydrogen (secondary N) is 1. The van der Waals surface area contributed by atoms with Gasteiger partial charge in [0.25, 0.3) is 5.91 Å². The van der Waals surface area contributed by atoms with Gasteiger partial charge in [-0.3, -0.25) is 9.69 Å². The first-order valence-electron chi connectivity index (χ1n) is 7.98. The lowest BCUT2D eigenvalue weighted by molar-refractivity contribution is 0.0931. The number of halogens is 1. The van der Waals surface area contributed by atoms with E-state index in [9.17, 15) is 9.18 Å². The maximum atomic E-state index is 13.6. The van der Waals surface area contributed by atoms with E-state index in [1.807, 2.05) is 0 Å². The van der Waals surface area contributed by atoms with Crippen LogP contribution < -0.4 is 5.32 Å². The molecular formula is C18H21FN2OS. The van der Waals surface area contributed by atoms with Crippen molar-refractivity contribution < 1.29 is 9.18 Å². The zero-order valence-electron chi connectivity index (χ0n) is 13.0. The summed E-state index contributed by atoms with van der Waals surface area (Å²) in [6.07, 6.45) is 2.14. The van der Waals surface area contributed by atoms with Gasteiger partial charge >= 0.3 is 0 Å². The number of hydrogen-bond acceptors (Lipinski definition) is 3. The number of carbonyl (C=O) groups is 1. The molecular weight excluding hydrogens is 311 g/mol. The lowest BCUT2D eigenvalue weighted by Gasteiger charge is -2.31. The van der Waals surface area contributed by atoms with E-state index in [1.165, 1.54) is 17.7 Å². The fourth-order valence-corrected chi connectivity index (χ4v) is 3.63. The smallest absolute Gasteiger partial charge is 0.254 e. The van der Waals surface area contributed by atoms with Crippen molar-refractivity contribution in [3.8, 4) is 0 Å². The molecule has 0 atom stereocenters. The highest BCUT2D eigenvalue weighted by molar-refractivity contribution is 7.07. The van der Waals surface area contributed by atoms with Crippen molar-refractivity contribution in [2.24, 2.45) is 5.92 Å². The van der Waals surface area contributed by atoms with Crippen LogP contribution in [0, 0.1) is 11.7 Å². The number of rotatable bonds is 5. The zero-order chi connectivity index (χ0) is 16.1. The van der Waals surface area contributed by atoms with Gasteiger partial charge in [-0.05, 0) is 66.4 Å². The second-order valence-corrected chi connectivity index (χ2v) is 6.82. The predicted octanol–water partition coefficient (Wildman–Crippen LogP) is 3.53. The van der Waals surface area contributed by atoms with E-state index in [2.05, 4.69) is 27.0 Å². The number of benzene rings is 1. The lowest BCUT2D eigenvalue weighted by atomic mass is 9.96. The summed E-state index contributed by atoms with van der Waals surface area (Å²) in [4.78, 5) is 14.5. The van der Waals surface area contributed by atoms with Crippen molar-refractivity contribution in [3.63, 3.8) is 0 Å². The van der Waals surface area contributed by atoms with Gasteiger partial charge in [-0.1, -0.05) is 12.1 Å². The minimum absolute atomic E-state index is 0.127. The molecule has 5 heteroatoms. The monoisotopic (exact) mass is 332 g/mol. The molecule has 0 bridgehead atoms. The van der Waals surface area contributed by atoms with Crippen LogP contribution in [0.5, 0.6) is 0 Å². The van der Waals surface area contributed by atoms with Crippen LogP contribution in [0.1, 0.15) is 28.8 Å². The second-order valence-electron chi connectivity index (χ2n) is 6.04. The summed E-state index contributed by atoms with van der Waals surface area (Å²) in [6.45, 7) is 3.74. The van der Waals surface area contributed by atoms with Crippen LogP contribution in [0.15, 0.2) is 41.1 Å². The molecule has 1 aliphatic rings. The molecule has 0 unspecified atom stereocenters. The number of likely N-dealkylation sites (tertiary alicyclic amines) is 1. The summed E-state index contributed by atoms with van der Waals surface area (Å²) in [6, 6.07) is 8.29. The summed E-state index contributed by atoms with van der Waals surface area (Å²) in [5.41, 5.74) is 1.50. The minimum Gasteiger partial charge on any atom is -0.352 e. The molecule has 0 radical (unpaired) electrons. The molecule has 0 saturated carbocycles. The van der Waals surface area contributed by atoms with Crippen molar-refractivity contribution in [1.82, 2.24) is 10.2 Å². The van der Waals surface area contributed by atoms with E-state index in [4.69, 9.17) is 0 Å². The first-order chi connectivity index (χ1) is 11.2. The van der Waals surface area contributed by atoms with Crippen molar-refractivity contribution in [2.45, 2.75) is 19.4 Å². The summed E-state index contributed by atoms with van der Waals surface area (Å²) < 4.78 is 13.6. The Morgan fingerprint density at radius 3 is 2.74 bits per heavy atom. The first-order valence-corrected chi connectivity index (χ1v) is 8.93. The Morgan fingerprint density at radius 2 is 2.04 bits per heavy atom. The molecule has 1 aromatic carbocycles. The summed E-state index contributed by atoms with van der Waals surface area (Å²) in [7, 11) is 0. The van der Waals surface area contributed by atoms with E-state index in [0.29, 0.717) is 12.5 Å². The molecule has 122 valence electrons. The van der Waals surface area contributed by atoms with Gasteiger partial charge in [0, 0.05) is 13.1 Å². The van der Waals surface area contributed by atoms with Gasteiger partial charge in [-0.25, -0.2) is 4.39 Å². The molecule has 3 rings (SSSR count). The quantitative estimate of drug-likeness (QED) is 0.908.